The third-order valence-electron chi connectivity index (χ3n) is 4.76. The molecule has 4 rings (SSSR count). The second kappa shape index (κ2) is 8.35. The average Bonchev–Trinajstić information content (AvgIpc) is 2.78. The molecule has 0 aliphatic heterocycles. The van der Waals surface area contributed by atoms with Gasteiger partial charge in [-0.2, -0.15) is 0 Å². The number of aromatic nitrogens is 1. The second-order valence-corrected chi connectivity index (χ2v) is 6.76. The lowest BCUT2D eigenvalue weighted by Crippen LogP contribution is -2.24. The van der Waals surface area contributed by atoms with E-state index in [4.69, 9.17) is 4.74 Å². The van der Waals surface area contributed by atoms with Gasteiger partial charge in [-0.05, 0) is 36.4 Å². The summed E-state index contributed by atoms with van der Waals surface area (Å²) in [4.78, 5) is 37.1. The van der Waals surface area contributed by atoms with Gasteiger partial charge in [-0.1, -0.05) is 30.3 Å². The van der Waals surface area contributed by atoms with Crippen molar-refractivity contribution >= 4 is 39.4 Å². The molecule has 156 valence electrons. The first-order chi connectivity index (χ1) is 15.0. The average molecular weight is 422 g/mol. The number of esters is 1. The van der Waals surface area contributed by atoms with Crippen LogP contribution in [0.4, 0.5) is 14.5 Å². The van der Waals surface area contributed by atoms with Gasteiger partial charge in [0.05, 0.1) is 11.0 Å². The van der Waals surface area contributed by atoms with Crippen LogP contribution < -0.4 is 10.7 Å². The number of nitrogens with zero attached hydrogens (tertiary/aromatic N) is 1. The first kappa shape index (κ1) is 20.2. The minimum Gasteiger partial charge on any atom is -0.454 e. The number of anilines is 1. The molecular formula is C23H16F2N2O4. The maximum atomic E-state index is 13.6. The Morgan fingerprint density at radius 3 is 1.97 bits per heavy atom. The third-order valence-corrected chi connectivity index (χ3v) is 4.76. The zero-order chi connectivity index (χ0) is 22.0. The number of hydrogen-bond acceptors (Lipinski definition) is 4. The van der Waals surface area contributed by atoms with Crippen LogP contribution in [0.15, 0.2) is 71.5 Å². The minimum absolute atomic E-state index is 0.151. The Morgan fingerprint density at radius 2 is 1.39 bits per heavy atom. The van der Waals surface area contributed by atoms with Gasteiger partial charge in [0.2, 0.25) is 0 Å². The molecule has 0 saturated heterocycles. The van der Waals surface area contributed by atoms with Crippen molar-refractivity contribution in [3.63, 3.8) is 0 Å². The van der Waals surface area contributed by atoms with Gasteiger partial charge in [-0.3, -0.25) is 14.4 Å². The monoisotopic (exact) mass is 422 g/mol. The van der Waals surface area contributed by atoms with E-state index in [1.807, 2.05) is 0 Å². The fourth-order valence-electron chi connectivity index (χ4n) is 3.36. The smallest absolute Gasteiger partial charge is 0.326 e. The lowest BCUT2D eigenvalue weighted by Gasteiger charge is -2.14. The molecule has 31 heavy (non-hydrogen) atoms. The van der Waals surface area contributed by atoms with Gasteiger partial charge in [0.1, 0.15) is 23.9 Å². The van der Waals surface area contributed by atoms with Crippen LogP contribution in [0.1, 0.15) is 0 Å². The van der Waals surface area contributed by atoms with Crippen LogP contribution in [0.2, 0.25) is 0 Å². The summed E-state index contributed by atoms with van der Waals surface area (Å²) < 4.78 is 33.9. The summed E-state index contributed by atoms with van der Waals surface area (Å²) in [6.07, 6.45) is 0. The van der Waals surface area contributed by atoms with E-state index in [0.717, 1.165) is 12.1 Å². The number of benzene rings is 3. The molecule has 0 atom stereocenters. The van der Waals surface area contributed by atoms with Crippen LogP contribution in [0, 0.1) is 11.6 Å². The lowest BCUT2D eigenvalue weighted by molar-refractivity contribution is -0.147. The molecule has 1 heterocycles. The van der Waals surface area contributed by atoms with Gasteiger partial charge in [0.15, 0.2) is 12.0 Å². The Morgan fingerprint density at radius 1 is 0.839 bits per heavy atom. The first-order valence-corrected chi connectivity index (χ1v) is 9.35. The van der Waals surface area contributed by atoms with Crippen molar-refractivity contribution in [2.45, 2.75) is 6.54 Å². The number of fused-ring (bicyclic) bond motifs is 2. The van der Waals surface area contributed by atoms with Gasteiger partial charge < -0.3 is 14.6 Å². The molecule has 0 radical (unpaired) electrons. The first-order valence-electron chi connectivity index (χ1n) is 9.35. The number of amides is 1. The van der Waals surface area contributed by atoms with E-state index in [0.29, 0.717) is 21.8 Å². The van der Waals surface area contributed by atoms with Crippen molar-refractivity contribution in [2.75, 3.05) is 11.9 Å². The number of rotatable bonds is 5. The maximum Gasteiger partial charge on any atom is 0.326 e. The molecule has 8 heteroatoms. The number of ether oxygens (including phenoxy) is 1. The van der Waals surface area contributed by atoms with Crippen molar-refractivity contribution in [3.8, 4) is 0 Å². The molecule has 6 nitrogen and oxygen atoms in total. The molecule has 0 fully saturated rings. The Balaban J connectivity index is 1.54. The van der Waals surface area contributed by atoms with Crippen LogP contribution in [-0.4, -0.2) is 23.1 Å². The third kappa shape index (κ3) is 4.00. The summed E-state index contributed by atoms with van der Waals surface area (Å²) in [5.74, 6) is -3.51. The lowest BCUT2D eigenvalue weighted by atomic mass is 10.1. The second-order valence-electron chi connectivity index (χ2n) is 6.76. The predicted molar refractivity (Wildman–Crippen MR) is 112 cm³/mol. The largest absolute Gasteiger partial charge is 0.454 e. The Hall–Kier alpha value is -4.07. The van der Waals surface area contributed by atoms with E-state index in [1.54, 1.807) is 53.1 Å². The molecule has 1 N–H and O–H groups in total. The van der Waals surface area contributed by atoms with Gasteiger partial charge in [-0.25, -0.2) is 8.78 Å². The topological polar surface area (TPSA) is 77.4 Å². The van der Waals surface area contributed by atoms with Crippen LogP contribution >= 0.6 is 0 Å². The summed E-state index contributed by atoms with van der Waals surface area (Å²) in [6.45, 7) is -0.981. The number of carbonyl (C=O) groups is 2. The van der Waals surface area contributed by atoms with Crippen LogP contribution in [0.3, 0.4) is 0 Å². The predicted octanol–water partition coefficient (Wildman–Crippen LogP) is 3.61. The summed E-state index contributed by atoms with van der Waals surface area (Å²) in [6, 6.07) is 16.9. The molecule has 3 aromatic carbocycles. The normalized spacial score (nSPS) is 10.9. The molecule has 0 bridgehead atoms. The van der Waals surface area contributed by atoms with Gasteiger partial charge in [0, 0.05) is 10.8 Å². The summed E-state index contributed by atoms with van der Waals surface area (Å²) in [5, 5.41) is 2.94. The van der Waals surface area contributed by atoms with E-state index < -0.39 is 35.8 Å². The van der Waals surface area contributed by atoms with Crippen LogP contribution in [0.5, 0.6) is 0 Å². The van der Waals surface area contributed by atoms with E-state index in [2.05, 4.69) is 5.32 Å². The standard InChI is InChI=1S/C23H16F2N2O4/c24-16-8-5-9-17(25)22(16)26-20(28)13-31-21(29)12-27-18-10-3-1-6-14(18)23(30)15-7-2-4-11-19(15)27/h1-11H,12-13H2,(H,26,28). The molecule has 1 aromatic heterocycles. The highest BCUT2D eigenvalue weighted by atomic mass is 19.1. The molecule has 0 spiro atoms. The summed E-state index contributed by atoms with van der Waals surface area (Å²) in [5.41, 5.74) is 0.324. The number of pyridine rings is 1. The molecule has 0 saturated carbocycles. The Bertz CT molecular complexity index is 1300. The quantitative estimate of drug-likeness (QED) is 0.394. The highest BCUT2D eigenvalue weighted by Gasteiger charge is 2.16. The van der Waals surface area contributed by atoms with Gasteiger partial charge >= 0.3 is 5.97 Å². The van der Waals surface area contributed by atoms with E-state index in [9.17, 15) is 23.2 Å². The Labute approximate surface area is 174 Å². The van der Waals surface area contributed by atoms with Gasteiger partial charge in [0.25, 0.3) is 5.91 Å². The van der Waals surface area contributed by atoms with Crippen LogP contribution in [0.25, 0.3) is 21.8 Å². The van der Waals surface area contributed by atoms with E-state index in [-0.39, 0.29) is 12.0 Å². The molecule has 4 aromatic rings. The number of halogens is 2. The zero-order valence-electron chi connectivity index (χ0n) is 16.1. The molecule has 0 unspecified atom stereocenters. The molecular weight excluding hydrogens is 406 g/mol. The highest BCUT2D eigenvalue weighted by Crippen LogP contribution is 2.20. The summed E-state index contributed by atoms with van der Waals surface area (Å²) >= 11 is 0. The van der Waals surface area contributed by atoms with Gasteiger partial charge in [-0.15, -0.1) is 0 Å². The molecule has 0 aliphatic rings. The van der Waals surface area contributed by atoms with E-state index in [1.165, 1.54) is 6.07 Å². The Kier molecular flexibility index (Phi) is 5.44. The van der Waals surface area contributed by atoms with Crippen molar-refractivity contribution < 1.29 is 23.1 Å². The molecule has 1 amide bonds. The number of para-hydroxylation sites is 3. The van der Waals surface area contributed by atoms with Crippen molar-refractivity contribution in [1.29, 1.82) is 0 Å². The number of nitrogens with one attached hydrogen (secondary N) is 1. The minimum atomic E-state index is -0.939. The summed E-state index contributed by atoms with van der Waals surface area (Å²) in [7, 11) is 0. The highest BCUT2D eigenvalue weighted by molar-refractivity contribution is 5.95. The SMILES string of the molecule is O=C(COC(=O)Cn1c2ccccc2c(=O)c2ccccc21)Nc1c(F)cccc1F. The number of hydrogen-bond donors (Lipinski definition) is 1. The fraction of sp³-hybridized carbons (Fsp3) is 0.0870. The zero-order valence-corrected chi connectivity index (χ0v) is 16.1. The van der Waals surface area contributed by atoms with Crippen LogP contribution in [-0.2, 0) is 20.9 Å². The van der Waals surface area contributed by atoms with Crippen molar-refractivity contribution in [2.24, 2.45) is 0 Å². The van der Waals surface area contributed by atoms with Crippen molar-refractivity contribution in [1.82, 2.24) is 4.57 Å². The van der Waals surface area contributed by atoms with Crippen molar-refractivity contribution in [3.05, 3.63) is 88.6 Å². The number of carbonyl (C=O) groups excluding carboxylic acids is 2. The maximum absolute atomic E-state index is 13.6. The van der Waals surface area contributed by atoms with E-state index >= 15 is 0 Å². The fourth-order valence-corrected chi connectivity index (χ4v) is 3.36. The molecule has 0 aliphatic carbocycles.